The van der Waals surface area contributed by atoms with Gasteiger partial charge in [0.1, 0.15) is 6.61 Å². The Morgan fingerprint density at radius 1 is 1.45 bits per heavy atom. The Hall–Kier alpha value is -1.55. The Labute approximate surface area is 112 Å². The van der Waals surface area contributed by atoms with Crippen LogP contribution >= 0.6 is 0 Å². The van der Waals surface area contributed by atoms with E-state index in [9.17, 15) is 22.8 Å². The topological polar surface area (TPSA) is 88.1 Å². The maximum absolute atomic E-state index is 11.8. The maximum atomic E-state index is 11.8. The number of alkyl halides is 3. The van der Waals surface area contributed by atoms with Crippen LogP contribution in [0.2, 0.25) is 0 Å². The first-order valence-corrected chi connectivity index (χ1v) is 5.81. The lowest BCUT2D eigenvalue weighted by atomic mass is 10.2. The van der Waals surface area contributed by atoms with Gasteiger partial charge >= 0.3 is 18.2 Å². The number of rotatable bonds is 5. The van der Waals surface area contributed by atoms with E-state index >= 15 is 0 Å². The van der Waals surface area contributed by atoms with Crippen LogP contribution in [0.5, 0.6) is 0 Å². The van der Waals surface area contributed by atoms with Crippen LogP contribution < -0.4 is 5.32 Å². The Morgan fingerprint density at radius 3 is 2.75 bits per heavy atom. The van der Waals surface area contributed by atoms with E-state index in [1.807, 2.05) is 0 Å². The fraction of sp³-hybridized carbons (Fsp3) is 0.800. The van der Waals surface area contributed by atoms with E-state index < -0.39 is 30.8 Å². The molecule has 20 heavy (non-hydrogen) atoms. The van der Waals surface area contributed by atoms with Gasteiger partial charge in [0, 0.05) is 13.1 Å². The molecule has 10 heteroatoms. The van der Waals surface area contributed by atoms with Gasteiger partial charge in [0.2, 0.25) is 0 Å². The van der Waals surface area contributed by atoms with Crippen molar-refractivity contribution in [1.82, 2.24) is 10.2 Å². The second-order valence-electron chi connectivity index (χ2n) is 4.02. The van der Waals surface area contributed by atoms with Crippen molar-refractivity contribution in [3.05, 3.63) is 0 Å². The zero-order valence-corrected chi connectivity index (χ0v) is 10.5. The van der Waals surface area contributed by atoms with Crippen LogP contribution in [0.15, 0.2) is 0 Å². The first kappa shape index (κ1) is 16.5. The molecule has 0 aliphatic carbocycles. The van der Waals surface area contributed by atoms with Gasteiger partial charge in [-0.05, 0) is 0 Å². The predicted octanol–water partition coefficient (Wildman–Crippen LogP) is 0.0603. The van der Waals surface area contributed by atoms with Crippen LogP contribution in [0.3, 0.4) is 0 Å². The first-order valence-electron chi connectivity index (χ1n) is 5.81. The highest BCUT2D eigenvalue weighted by Gasteiger charge is 2.32. The minimum Gasteiger partial charge on any atom is -0.480 e. The molecule has 0 radical (unpaired) electrons. The highest BCUT2D eigenvalue weighted by atomic mass is 19.4. The van der Waals surface area contributed by atoms with Gasteiger partial charge in [0.25, 0.3) is 0 Å². The summed E-state index contributed by atoms with van der Waals surface area (Å²) < 4.78 is 44.6. The number of carbonyl (C=O) groups excluding carboxylic acids is 1. The second-order valence-corrected chi connectivity index (χ2v) is 4.02. The number of hydrogen-bond acceptors (Lipinski definition) is 4. The summed E-state index contributed by atoms with van der Waals surface area (Å²) in [5.74, 6) is -1.20. The lowest BCUT2D eigenvalue weighted by Crippen LogP contribution is -2.56. The summed E-state index contributed by atoms with van der Waals surface area (Å²) in [4.78, 5) is 23.7. The molecule has 1 saturated heterocycles. The van der Waals surface area contributed by atoms with Crippen molar-refractivity contribution in [1.29, 1.82) is 0 Å². The summed E-state index contributed by atoms with van der Waals surface area (Å²) in [6.45, 7) is -1.65. The zero-order chi connectivity index (χ0) is 15.2. The summed E-state index contributed by atoms with van der Waals surface area (Å²) in [7, 11) is 0. The van der Waals surface area contributed by atoms with Gasteiger partial charge in [0.05, 0.1) is 19.8 Å². The van der Waals surface area contributed by atoms with Crippen molar-refractivity contribution < 1.29 is 37.3 Å². The molecule has 116 valence electrons. The number of nitrogens with zero attached hydrogens (tertiary/aromatic N) is 1. The SMILES string of the molecule is O=C(O)C1COCCN1C(=O)NCCOCC(F)(F)F. The van der Waals surface area contributed by atoms with Gasteiger partial charge in [-0.3, -0.25) is 0 Å². The molecule has 0 aromatic heterocycles. The fourth-order valence-corrected chi connectivity index (χ4v) is 1.57. The molecule has 7 nitrogen and oxygen atoms in total. The maximum Gasteiger partial charge on any atom is 0.411 e. The number of carboxylic acids is 1. The standard InChI is InChI=1S/C10H15F3N2O5/c11-10(12,13)6-20-3-1-14-9(18)15-2-4-19-5-7(15)8(16)17/h7H,1-6H2,(H,14,18)(H,16,17). The summed E-state index contributed by atoms with van der Waals surface area (Å²) in [6, 6.07) is -1.77. The van der Waals surface area contributed by atoms with Crippen LogP contribution in [-0.4, -0.2) is 73.7 Å². The molecule has 0 bridgehead atoms. The minimum atomic E-state index is -4.41. The predicted molar refractivity (Wildman–Crippen MR) is 59.2 cm³/mol. The number of aliphatic carboxylic acids is 1. The second kappa shape index (κ2) is 7.29. The number of nitrogens with one attached hydrogen (secondary N) is 1. The molecule has 1 rings (SSSR count). The Morgan fingerprint density at radius 2 is 2.15 bits per heavy atom. The average molecular weight is 300 g/mol. The molecule has 0 aromatic rings. The normalized spacial score (nSPS) is 19.8. The van der Waals surface area contributed by atoms with Gasteiger partial charge in [-0.2, -0.15) is 13.2 Å². The van der Waals surface area contributed by atoms with Gasteiger partial charge in [0.15, 0.2) is 6.04 Å². The number of urea groups is 1. The number of carbonyl (C=O) groups is 2. The zero-order valence-electron chi connectivity index (χ0n) is 10.5. The summed E-state index contributed by atoms with van der Waals surface area (Å²) >= 11 is 0. The third kappa shape index (κ3) is 5.61. The van der Waals surface area contributed by atoms with Crippen LogP contribution in [0.25, 0.3) is 0 Å². The molecule has 1 atom stereocenters. The number of ether oxygens (including phenoxy) is 2. The molecule has 2 amide bonds. The van der Waals surface area contributed by atoms with E-state index in [4.69, 9.17) is 9.84 Å². The van der Waals surface area contributed by atoms with Crippen LogP contribution in [0.4, 0.5) is 18.0 Å². The molecule has 2 N–H and O–H groups in total. The fourth-order valence-electron chi connectivity index (χ4n) is 1.57. The molecule has 1 aliphatic rings. The largest absolute Gasteiger partial charge is 0.480 e. The van der Waals surface area contributed by atoms with E-state index in [1.165, 1.54) is 0 Å². The quantitative estimate of drug-likeness (QED) is 0.701. The van der Waals surface area contributed by atoms with Crippen LogP contribution in [0, 0.1) is 0 Å². The third-order valence-corrected chi connectivity index (χ3v) is 2.46. The summed E-state index contributed by atoms with van der Waals surface area (Å²) in [5, 5.41) is 11.2. The average Bonchev–Trinajstić information content (AvgIpc) is 2.36. The molecular formula is C10H15F3N2O5. The molecule has 1 unspecified atom stereocenters. The Bertz CT molecular complexity index is 350. The summed E-state index contributed by atoms with van der Waals surface area (Å²) in [5.41, 5.74) is 0. The summed E-state index contributed by atoms with van der Waals surface area (Å²) in [6.07, 6.45) is -4.41. The first-order chi connectivity index (χ1) is 9.31. The van der Waals surface area contributed by atoms with Crippen molar-refractivity contribution in [3.63, 3.8) is 0 Å². The van der Waals surface area contributed by atoms with Crippen LogP contribution in [-0.2, 0) is 14.3 Å². The number of amides is 2. The minimum absolute atomic E-state index is 0.103. The number of hydrogen-bond donors (Lipinski definition) is 2. The molecular weight excluding hydrogens is 285 g/mol. The molecule has 1 heterocycles. The van der Waals surface area contributed by atoms with Crippen molar-refractivity contribution >= 4 is 12.0 Å². The van der Waals surface area contributed by atoms with Gasteiger partial charge in [-0.25, -0.2) is 9.59 Å². The number of halogens is 3. The Balaban J connectivity index is 2.29. The third-order valence-electron chi connectivity index (χ3n) is 2.46. The van der Waals surface area contributed by atoms with Gasteiger partial charge in [-0.1, -0.05) is 0 Å². The van der Waals surface area contributed by atoms with Crippen molar-refractivity contribution in [2.45, 2.75) is 12.2 Å². The number of morpholine rings is 1. The lowest BCUT2D eigenvalue weighted by molar-refractivity contribution is -0.173. The van der Waals surface area contributed by atoms with Crippen molar-refractivity contribution in [2.24, 2.45) is 0 Å². The molecule has 0 spiro atoms. The van der Waals surface area contributed by atoms with E-state index in [2.05, 4.69) is 10.1 Å². The van der Waals surface area contributed by atoms with Gasteiger partial charge < -0.3 is 24.8 Å². The molecule has 1 aliphatic heterocycles. The highest BCUT2D eigenvalue weighted by molar-refractivity contribution is 5.82. The van der Waals surface area contributed by atoms with E-state index in [0.29, 0.717) is 0 Å². The van der Waals surface area contributed by atoms with Crippen LogP contribution in [0.1, 0.15) is 0 Å². The smallest absolute Gasteiger partial charge is 0.411 e. The Kier molecular flexibility index (Phi) is 6.02. The monoisotopic (exact) mass is 300 g/mol. The number of carboxylic acid groups (broad SMARTS) is 1. The lowest BCUT2D eigenvalue weighted by Gasteiger charge is -2.32. The van der Waals surface area contributed by atoms with E-state index in [0.717, 1.165) is 4.90 Å². The molecule has 0 saturated carbocycles. The van der Waals surface area contributed by atoms with Crippen molar-refractivity contribution in [2.75, 3.05) is 39.5 Å². The van der Waals surface area contributed by atoms with Crippen molar-refractivity contribution in [3.8, 4) is 0 Å². The molecule has 1 fully saturated rings. The van der Waals surface area contributed by atoms with E-state index in [-0.39, 0.29) is 32.9 Å². The molecule has 0 aromatic carbocycles. The van der Waals surface area contributed by atoms with Gasteiger partial charge in [-0.15, -0.1) is 0 Å². The highest BCUT2D eigenvalue weighted by Crippen LogP contribution is 2.14. The van der Waals surface area contributed by atoms with E-state index in [1.54, 1.807) is 0 Å².